The Kier molecular flexibility index (Phi) is 9.31. The molecule has 38 heavy (non-hydrogen) atoms. The third-order valence-corrected chi connectivity index (χ3v) is 6.38. The molecule has 0 radical (unpaired) electrons. The smallest absolute Gasteiger partial charge is 0.340 e. The number of carbonyl (C=O) groups excluding carboxylic acids is 1. The van der Waals surface area contributed by atoms with Crippen LogP contribution in [0, 0.1) is 0 Å². The molecule has 4 rings (SSSR count). The number of hydrogen-bond donors (Lipinski definition) is 0. The molecule has 0 fully saturated rings. The average Bonchev–Trinajstić information content (AvgIpc) is 3.32. The molecule has 0 atom stereocenters. The van der Waals surface area contributed by atoms with E-state index in [2.05, 4.69) is 0 Å². The van der Waals surface area contributed by atoms with Crippen LogP contribution in [0.3, 0.4) is 0 Å². The van der Waals surface area contributed by atoms with E-state index in [1.807, 2.05) is 19.0 Å². The van der Waals surface area contributed by atoms with Gasteiger partial charge in [0.05, 0.1) is 22.6 Å². The highest BCUT2D eigenvalue weighted by atomic mass is 35.5. The molecule has 4 aromatic rings. The van der Waals surface area contributed by atoms with Gasteiger partial charge in [0.1, 0.15) is 0 Å². The molecule has 1 aromatic heterocycles. The van der Waals surface area contributed by atoms with Crippen molar-refractivity contribution in [1.82, 2.24) is 14.4 Å². The fourth-order valence-electron chi connectivity index (χ4n) is 4.13. The van der Waals surface area contributed by atoms with Crippen LogP contribution in [0.25, 0.3) is 28.2 Å². The SMILES string of the molecule is CN(C)CCN(C)C(=O)c1ccc(-c2ccc(-c3ccc(Cl)cc3)n2-c2ccccc2C(F)(F)F)cc1.Cl. The van der Waals surface area contributed by atoms with E-state index >= 15 is 0 Å². The number of carbonyl (C=O) groups is 1. The number of benzene rings is 3. The second-order valence-electron chi connectivity index (χ2n) is 9.07. The molecule has 9 heteroatoms. The maximum Gasteiger partial charge on any atom is 0.418 e. The molecule has 0 N–H and O–H groups in total. The van der Waals surface area contributed by atoms with E-state index in [-0.39, 0.29) is 24.0 Å². The summed E-state index contributed by atoms with van der Waals surface area (Å²) in [7, 11) is 5.63. The molecule has 0 unspecified atom stereocenters. The van der Waals surface area contributed by atoms with Crippen LogP contribution in [0.4, 0.5) is 13.2 Å². The predicted octanol–water partition coefficient (Wildman–Crippen LogP) is 7.54. The average molecular weight is 562 g/mol. The van der Waals surface area contributed by atoms with Gasteiger partial charge in [0.2, 0.25) is 0 Å². The van der Waals surface area contributed by atoms with Crippen molar-refractivity contribution in [3.8, 4) is 28.2 Å². The molecule has 0 aliphatic rings. The summed E-state index contributed by atoms with van der Waals surface area (Å²) in [6.07, 6.45) is -4.54. The Morgan fingerprint density at radius 3 is 1.84 bits per heavy atom. The van der Waals surface area contributed by atoms with Crippen molar-refractivity contribution in [2.24, 2.45) is 0 Å². The predicted molar refractivity (Wildman–Crippen MR) is 149 cm³/mol. The van der Waals surface area contributed by atoms with Crippen molar-refractivity contribution >= 4 is 29.9 Å². The summed E-state index contributed by atoms with van der Waals surface area (Å²) in [5.74, 6) is -0.118. The first kappa shape index (κ1) is 29.3. The number of hydrogen-bond acceptors (Lipinski definition) is 2. The van der Waals surface area contributed by atoms with E-state index in [0.717, 1.165) is 18.2 Å². The lowest BCUT2D eigenvalue weighted by Crippen LogP contribution is -2.33. The van der Waals surface area contributed by atoms with Gasteiger partial charge in [-0.3, -0.25) is 4.79 Å². The zero-order valence-electron chi connectivity index (χ0n) is 21.2. The minimum Gasteiger partial charge on any atom is -0.340 e. The third kappa shape index (κ3) is 6.41. The summed E-state index contributed by atoms with van der Waals surface area (Å²) in [5, 5.41) is 0.536. The summed E-state index contributed by atoms with van der Waals surface area (Å²) < 4.78 is 43.7. The number of halogens is 5. The monoisotopic (exact) mass is 561 g/mol. The Morgan fingerprint density at radius 2 is 1.32 bits per heavy atom. The van der Waals surface area contributed by atoms with Crippen molar-refractivity contribution < 1.29 is 18.0 Å². The number of nitrogens with zero attached hydrogens (tertiary/aromatic N) is 3. The van der Waals surface area contributed by atoms with Crippen LogP contribution in [-0.2, 0) is 6.18 Å². The van der Waals surface area contributed by atoms with Gasteiger partial charge in [-0.25, -0.2) is 0 Å². The number of aromatic nitrogens is 1. The second kappa shape index (κ2) is 12.1. The highest BCUT2D eigenvalue weighted by molar-refractivity contribution is 6.30. The van der Waals surface area contributed by atoms with Crippen molar-refractivity contribution in [3.05, 3.63) is 101 Å². The molecule has 0 saturated carbocycles. The van der Waals surface area contributed by atoms with Crippen LogP contribution in [0.2, 0.25) is 5.02 Å². The van der Waals surface area contributed by atoms with Crippen LogP contribution < -0.4 is 0 Å². The van der Waals surface area contributed by atoms with Gasteiger partial charge < -0.3 is 14.4 Å². The minimum absolute atomic E-state index is 0. The van der Waals surface area contributed by atoms with Gasteiger partial charge >= 0.3 is 6.18 Å². The van der Waals surface area contributed by atoms with Gasteiger partial charge in [0.25, 0.3) is 5.91 Å². The second-order valence-corrected chi connectivity index (χ2v) is 9.50. The number of rotatable bonds is 7. The highest BCUT2D eigenvalue weighted by Crippen LogP contribution is 2.39. The van der Waals surface area contributed by atoms with Gasteiger partial charge in [0.15, 0.2) is 0 Å². The molecule has 200 valence electrons. The molecule has 1 heterocycles. The topological polar surface area (TPSA) is 28.5 Å². The molecule has 1 amide bonds. The summed E-state index contributed by atoms with van der Waals surface area (Å²) in [6, 6.07) is 23.0. The van der Waals surface area contributed by atoms with Crippen LogP contribution in [0.15, 0.2) is 84.9 Å². The Morgan fingerprint density at radius 1 is 0.789 bits per heavy atom. The maximum atomic E-state index is 14.0. The van der Waals surface area contributed by atoms with E-state index in [1.54, 1.807) is 83.2 Å². The highest BCUT2D eigenvalue weighted by Gasteiger charge is 2.34. The normalized spacial score (nSPS) is 11.4. The van der Waals surface area contributed by atoms with Gasteiger partial charge in [0, 0.05) is 30.7 Å². The molecular weight excluding hydrogens is 534 g/mol. The molecule has 4 nitrogen and oxygen atoms in total. The van der Waals surface area contributed by atoms with Crippen LogP contribution >= 0.6 is 24.0 Å². The first-order chi connectivity index (χ1) is 17.6. The number of alkyl halides is 3. The lowest BCUT2D eigenvalue weighted by atomic mass is 10.1. The van der Waals surface area contributed by atoms with Gasteiger partial charge in [-0.2, -0.15) is 13.2 Å². The first-order valence-electron chi connectivity index (χ1n) is 11.7. The lowest BCUT2D eigenvalue weighted by molar-refractivity contribution is -0.137. The summed E-state index contributed by atoms with van der Waals surface area (Å²) >= 11 is 6.05. The van der Waals surface area contributed by atoms with Crippen LogP contribution in [-0.4, -0.2) is 54.5 Å². The Bertz CT molecular complexity index is 1380. The van der Waals surface area contributed by atoms with E-state index in [0.29, 0.717) is 34.1 Å². The number of likely N-dealkylation sites (N-methyl/N-ethyl adjacent to an activating group) is 2. The molecule has 0 aliphatic carbocycles. The quantitative estimate of drug-likeness (QED) is 0.233. The lowest BCUT2D eigenvalue weighted by Gasteiger charge is -2.20. The zero-order chi connectivity index (χ0) is 26.7. The fraction of sp³-hybridized carbons (Fsp3) is 0.207. The minimum atomic E-state index is -4.54. The Labute approximate surface area is 231 Å². The maximum absolute atomic E-state index is 14.0. The summed E-state index contributed by atoms with van der Waals surface area (Å²) in [6.45, 7) is 1.31. The molecule has 0 bridgehead atoms. The Hall–Kier alpha value is -3.26. The van der Waals surface area contributed by atoms with Crippen LogP contribution in [0.5, 0.6) is 0 Å². The van der Waals surface area contributed by atoms with E-state index in [1.165, 1.54) is 12.1 Å². The van der Waals surface area contributed by atoms with Crippen molar-refractivity contribution in [3.63, 3.8) is 0 Å². The van der Waals surface area contributed by atoms with E-state index < -0.39 is 11.7 Å². The van der Waals surface area contributed by atoms with Crippen LogP contribution in [0.1, 0.15) is 15.9 Å². The van der Waals surface area contributed by atoms with Crippen molar-refractivity contribution in [2.45, 2.75) is 6.18 Å². The molecule has 0 spiro atoms. The van der Waals surface area contributed by atoms with Gasteiger partial charge in [-0.1, -0.05) is 48.0 Å². The van der Waals surface area contributed by atoms with Crippen molar-refractivity contribution in [1.29, 1.82) is 0 Å². The Balaban J connectivity index is 0.00000400. The molecule has 3 aromatic carbocycles. The van der Waals surface area contributed by atoms with Crippen molar-refractivity contribution in [2.75, 3.05) is 34.2 Å². The van der Waals surface area contributed by atoms with E-state index in [9.17, 15) is 18.0 Å². The first-order valence-corrected chi connectivity index (χ1v) is 12.1. The van der Waals surface area contributed by atoms with Gasteiger partial charge in [-0.15, -0.1) is 12.4 Å². The van der Waals surface area contributed by atoms with E-state index in [4.69, 9.17) is 11.6 Å². The third-order valence-electron chi connectivity index (χ3n) is 6.13. The zero-order valence-corrected chi connectivity index (χ0v) is 22.7. The number of amides is 1. The molecule has 0 aliphatic heterocycles. The molecular formula is C29H28Cl2F3N3O. The fourth-order valence-corrected chi connectivity index (χ4v) is 4.26. The number of para-hydroxylation sites is 1. The standard InChI is InChI=1S/C29H27ClF3N3O.ClH/c1-34(2)18-19-35(3)28(37)22-10-8-20(9-11-22)25-16-17-26(21-12-14-23(30)15-13-21)36(25)27-7-5-4-6-24(27)29(31,32)33;/h4-17H,18-19H2,1-3H3;1H. The molecule has 0 saturated heterocycles. The van der Waals surface area contributed by atoms with Gasteiger partial charge in [-0.05, 0) is 73.8 Å². The summed E-state index contributed by atoms with van der Waals surface area (Å²) in [4.78, 5) is 16.5. The largest absolute Gasteiger partial charge is 0.418 e. The summed E-state index contributed by atoms with van der Waals surface area (Å²) in [5.41, 5.74) is 2.36.